The summed E-state index contributed by atoms with van der Waals surface area (Å²) in [4.78, 5) is 51.2. The van der Waals surface area contributed by atoms with Crippen LogP contribution >= 0.6 is 8.53 Å². The number of carbonyl (C=O) groups excluding carboxylic acids is 2. The molecule has 2 unspecified atom stereocenters. The summed E-state index contributed by atoms with van der Waals surface area (Å²) >= 11 is 0. The van der Waals surface area contributed by atoms with Gasteiger partial charge in [-0.25, -0.2) is 14.3 Å². The second-order valence-corrected chi connectivity index (χ2v) is 18.9. The molecule has 1 aliphatic rings. The van der Waals surface area contributed by atoms with Crippen LogP contribution in [-0.4, -0.2) is 127 Å². The summed E-state index contributed by atoms with van der Waals surface area (Å²) in [6.45, 7) is 10.5. The first-order chi connectivity index (χ1) is 34.6. The number of esters is 2. The van der Waals surface area contributed by atoms with Crippen LogP contribution < -0.4 is 15.0 Å². The van der Waals surface area contributed by atoms with E-state index in [1.165, 1.54) is 24.9 Å². The molecule has 0 spiro atoms. The summed E-state index contributed by atoms with van der Waals surface area (Å²) < 4.78 is 53.2. The third kappa shape index (κ3) is 13.6. The zero-order valence-corrected chi connectivity index (χ0v) is 43.3. The maximum atomic E-state index is 14.1. The standard InChI is InChI=1S/C52H63N8O11P/c1-34(2)60(35(3)4)72(69-28-14-27-53)71-45-29-47(59-49-48(50(63)56-51(55-49)54-33-58(7)8)44(57-59)26-17-38(30-66-36(5)61)31-67-37(6)62)70-46(45)32-68-52(39-15-12-11-13-16-39,40-18-22-42(64-9)23-19-40)41-20-24-43(65-10)25-21-41/h11-13,15-16,18-25,33-35,38,45-47H,14,28-32H2,1-10H3,(H,55,56,63)/b54-33+/t45?,46-,47-,72?/m1/s1. The van der Waals surface area contributed by atoms with Crippen LogP contribution in [0.2, 0.25) is 0 Å². The predicted molar refractivity (Wildman–Crippen MR) is 270 cm³/mol. The third-order valence-electron chi connectivity index (χ3n) is 11.3. The minimum Gasteiger partial charge on any atom is -0.497 e. The topological polar surface area (TPSA) is 214 Å². The highest BCUT2D eigenvalue weighted by Crippen LogP contribution is 2.51. The lowest BCUT2D eigenvalue weighted by Gasteiger charge is -2.39. The normalized spacial score (nSPS) is 16.3. The lowest BCUT2D eigenvalue weighted by atomic mass is 9.80. The van der Waals surface area contributed by atoms with Crippen LogP contribution in [0.5, 0.6) is 11.5 Å². The van der Waals surface area contributed by atoms with Gasteiger partial charge < -0.3 is 42.4 Å². The van der Waals surface area contributed by atoms with Crippen molar-refractivity contribution in [2.75, 3.05) is 54.7 Å². The highest BCUT2D eigenvalue weighted by molar-refractivity contribution is 7.44. The number of ether oxygens (including phenoxy) is 6. The minimum absolute atomic E-state index is 0.000632. The van der Waals surface area contributed by atoms with Crippen LogP contribution in [0, 0.1) is 29.1 Å². The molecule has 19 nitrogen and oxygen atoms in total. The van der Waals surface area contributed by atoms with Crippen LogP contribution in [-0.2, 0) is 43.2 Å². The number of hydrogen-bond donors (Lipinski definition) is 1. The monoisotopic (exact) mass is 1010 g/mol. The number of aromatic amines is 1. The number of methoxy groups -OCH3 is 2. The number of nitriles is 1. The number of carbonyl (C=O) groups is 2. The lowest BCUT2D eigenvalue weighted by molar-refractivity contribution is -0.144. The van der Waals surface area contributed by atoms with E-state index in [0.29, 0.717) is 11.5 Å². The van der Waals surface area contributed by atoms with Crippen LogP contribution in [0.15, 0.2) is 88.6 Å². The van der Waals surface area contributed by atoms with Crippen LogP contribution in [0.4, 0.5) is 5.95 Å². The highest BCUT2D eigenvalue weighted by Gasteiger charge is 2.46. The van der Waals surface area contributed by atoms with Crippen LogP contribution in [0.3, 0.4) is 0 Å². The van der Waals surface area contributed by atoms with E-state index in [9.17, 15) is 19.6 Å². The Labute approximate surface area is 421 Å². The first kappa shape index (κ1) is 54.6. The summed E-state index contributed by atoms with van der Waals surface area (Å²) in [6, 6.07) is 27.4. The van der Waals surface area contributed by atoms with Crippen LogP contribution in [0.25, 0.3) is 11.0 Å². The van der Waals surface area contributed by atoms with Gasteiger partial charge in [0.15, 0.2) is 17.6 Å². The second-order valence-electron chi connectivity index (χ2n) is 17.5. The van der Waals surface area contributed by atoms with E-state index in [1.54, 1.807) is 33.2 Å². The zero-order valence-electron chi connectivity index (χ0n) is 42.4. The van der Waals surface area contributed by atoms with Crippen molar-refractivity contribution < 1.29 is 47.1 Å². The fourth-order valence-electron chi connectivity index (χ4n) is 8.09. The average Bonchev–Trinajstić information content (AvgIpc) is 3.94. The first-order valence-corrected chi connectivity index (χ1v) is 24.6. The third-order valence-corrected chi connectivity index (χ3v) is 13.5. The predicted octanol–water partition coefficient (Wildman–Crippen LogP) is 7.41. The van der Waals surface area contributed by atoms with Gasteiger partial charge in [-0.15, -0.1) is 0 Å². The number of aliphatic imine (C=N–C) groups is 1. The van der Waals surface area contributed by atoms with Gasteiger partial charge in [0.25, 0.3) is 14.1 Å². The van der Waals surface area contributed by atoms with Crippen molar-refractivity contribution in [1.82, 2.24) is 29.3 Å². The second kappa shape index (κ2) is 25.6. The number of rotatable bonds is 23. The Kier molecular flexibility index (Phi) is 19.4. The van der Waals surface area contributed by atoms with Gasteiger partial charge in [-0.2, -0.15) is 15.3 Å². The summed E-state index contributed by atoms with van der Waals surface area (Å²) in [5.41, 5.74) is 0.779. The smallest absolute Gasteiger partial charge is 0.302 e. The fraction of sp³-hybridized carbons (Fsp3) is 0.442. The molecule has 5 aromatic rings. The molecule has 0 radical (unpaired) electrons. The molecule has 1 saturated heterocycles. The Balaban J connectivity index is 1.52. The van der Waals surface area contributed by atoms with Gasteiger partial charge in [0.05, 0.1) is 58.3 Å². The number of aromatic nitrogens is 4. The van der Waals surface area contributed by atoms with Crippen molar-refractivity contribution in [3.8, 4) is 29.4 Å². The summed E-state index contributed by atoms with van der Waals surface area (Å²) in [5.74, 6) is 5.44. The van der Waals surface area contributed by atoms with Gasteiger partial charge in [-0.3, -0.25) is 19.4 Å². The van der Waals surface area contributed by atoms with E-state index in [0.717, 1.165) is 16.7 Å². The number of nitrogens with zero attached hydrogens (tertiary/aromatic N) is 7. The Morgan fingerprint density at radius 2 is 1.51 bits per heavy atom. The molecule has 0 saturated carbocycles. The van der Waals surface area contributed by atoms with Crippen molar-refractivity contribution in [3.05, 3.63) is 112 Å². The van der Waals surface area contributed by atoms with Gasteiger partial charge in [0.1, 0.15) is 41.8 Å². The van der Waals surface area contributed by atoms with E-state index >= 15 is 0 Å². The van der Waals surface area contributed by atoms with Gasteiger partial charge in [0, 0.05) is 46.4 Å². The van der Waals surface area contributed by atoms with E-state index in [-0.39, 0.29) is 74.0 Å². The molecule has 72 heavy (non-hydrogen) atoms. The largest absolute Gasteiger partial charge is 0.497 e. The Bertz CT molecular complexity index is 2710. The molecule has 1 N–H and O–H groups in total. The highest BCUT2D eigenvalue weighted by atomic mass is 31.2. The molecule has 3 aromatic carbocycles. The Morgan fingerprint density at radius 3 is 2.04 bits per heavy atom. The maximum Gasteiger partial charge on any atom is 0.302 e. The van der Waals surface area contributed by atoms with Gasteiger partial charge in [-0.05, 0) is 74.6 Å². The Morgan fingerprint density at radius 1 is 0.931 bits per heavy atom. The summed E-state index contributed by atoms with van der Waals surface area (Å²) in [5, 5.41) is 14.5. The number of H-pyrrole nitrogens is 1. The zero-order chi connectivity index (χ0) is 52.0. The van der Waals surface area contributed by atoms with Crippen molar-refractivity contribution in [1.29, 1.82) is 5.26 Å². The van der Waals surface area contributed by atoms with E-state index < -0.39 is 56.0 Å². The maximum absolute atomic E-state index is 14.1. The molecule has 0 amide bonds. The SMILES string of the molecule is COc1ccc(C(OC[C@H]2O[C@@H](n3nc(C#CC(COC(C)=O)COC(C)=O)c4c(=O)[nH]c(/N=C/N(C)C)nc43)CC2OP(OCCC#N)N(C(C)C)C(C)C)(c2ccccc2)c2ccc(OC)cc2)cc1. The van der Waals surface area contributed by atoms with Crippen molar-refractivity contribution in [2.45, 2.75) is 90.5 Å². The molecular formula is C52H63N8O11P. The molecule has 1 aliphatic heterocycles. The first-order valence-electron chi connectivity index (χ1n) is 23.5. The molecule has 4 atom stereocenters. The van der Waals surface area contributed by atoms with E-state index in [1.807, 2.05) is 78.9 Å². The van der Waals surface area contributed by atoms with E-state index in [4.69, 9.17) is 47.6 Å². The number of benzene rings is 3. The molecule has 3 heterocycles. The minimum atomic E-state index is -1.80. The molecule has 2 aromatic heterocycles. The molecule has 0 bridgehead atoms. The molecule has 1 fully saturated rings. The summed E-state index contributed by atoms with van der Waals surface area (Å²) in [6.07, 6.45) is -0.678. The number of fused-ring (bicyclic) bond motifs is 1. The van der Waals surface area contributed by atoms with Gasteiger partial charge >= 0.3 is 11.9 Å². The van der Waals surface area contributed by atoms with Crippen molar-refractivity contribution in [2.24, 2.45) is 10.9 Å². The Hall–Kier alpha value is -6.70. The summed E-state index contributed by atoms with van der Waals surface area (Å²) in [7, 11) is 4.99. The molecule has 0 aliphatic carbocycles. The van der Waals surface area contributed by atoms with Crippen molar-refractivity contribution in [3.63, 3.8) is 0 Å². The van der Waals surface area contributed by atoms with Crippen molar-refractivity contribution >= 4 is 43.8 Å². The molecule has 6 rings (SSSR count). The molecule has 20 heteroatoms. The molecule has 382 valence electrons. The van der Waals surface area contributed by atoms with E-state index in [2.05, 4.69) is 60.3 Å². The van der Waals surface area contributed by atoms with Gasteiger partial charge in [0.2, 0.25) is 5.95 Å². The quantitative estimate of drug-likeness (QED) is 0.0128. The lowest BCUT2D eigenvalue weighted by Crippen LogP contribution is -2.39. The number of nitrogens with one attached hydrogen (secondary N) is 1. The van der Waals surface area contributed by atoms with Gasteiger partial charge in [-0.1, -0.05) is 60.5 Å². The number of hydrogen-bond acceptors (Lipinski definition) is 16. The van der Waals surface area contributed by atoms with Crippen LogP contribution in [0.1, 0.15) is 83.0 Å². The molecular weight excluding hydrogens is 944 g/mol. The fourth-order valence-corrected chi connectivity index (χ4v) is 9.85. The average molecular weight is 1010 g/mol.